The summed E-state index contributed by atoms with van der Waals surface area (Å²) in [5.74, 6) is -0.807. The van der Waals surface area contributed by atoms with E-state index in [9.17, 15) is 28.1 Å². The van der Waals surface area contributed by atoms with Gasteiger partial charge in [0.25, 0.3) is 5.69 Å². The Morgan fingerprint density at radius 3 is 2.44 bits per heavy atom. The zero-order valence-corrected chi connectivity index (χ0v) is 17.6. The van der Waals surface area contributed by atoms with Crippen LogP contribution < -0.4 is 4.74 Å². The highest BCUT2D eigenvalue weighted by atomic mass is 35.5. The van der Waals surface area contributed by atoms with Crippen LogP contribution in [0.5, 0.6) is 11.5 Å². The first kappa shape index (κ1) is 23.0. The van der Waals surface area contributed by atoms with E-state index in [2.05, 4.69) is 4.99 Å². The summed E-state index contributed by atoms with van der Waals surface area (Å²) in [4.78, 5) is 27.2. The number of benzene rings is 3. The molecule has 0 amide bonds. The van der Waals surface area contributed by atoms with E-state index in [-0.39, 0.29) is 39.4 Å². The highest BCUT2D eigenvalue weighted by Crippen LogP contribution is 2.37. The number of ether oxygens (including phenoxy) is 2. The molecule has 3 aromatic rings. The summed E-state index contributed by atoms with van der Waals surface area (Å²) in [5, 5.41) is 11.2. The van der Waals surface area contributed by atoms with Gasteiger partial charge in [-0.05, 0) is 48.5 Å². The Kier molecular flexibility index (Phi) is 6.08. The minimum Gasteiger partial charge on any atom is -0.456 e. The third kappa shape index (κ3) is 4.91. The number of hydrogen-bond donors (Lipinski definition) is 0. The topological polar surface area (TPSA) is 91.0 Å². The van der Waals surface area contributed by atoms with Crippen LogP contribution in [0.4, 0.5) is 18.9 Å². The second-order valence-corrected chi connectivity index (χ2v) is 7.33. The van der Waals surface area contributed by atoms with Crippen LogP contribution in [0.15, 0.2) is 77.4 Å². The number of nitrogens with zero attached hydrogens (tertiary/aromatic N) is 2. The Morgan fingerprint density at radius 1 is 1.06 bits per heavy atom. The lowest BCUT2D eigenvalue weighted by molar-refractivity contribution is -0.385. The van der Waals surface area contributed by atoms with Gasteiger partial charge in [-0.15, -0.1) is 0 Å². The van der Waals surface area contributed by atoms with Crippen LogP contribution >= 0.6 is 11.6 Å². The highest BCUT2D eigenvalue weighted by molar-refractivity contribution is 6.32. The van der Waals surface area contributed by atoms with Crippen molar-refractivity contribution in [1.82, 2.24) is 0 Å². The van der Waals surface area contributed by atoms with E-state index in [1.165, 1.54) is 12.1 Å². The van der Waals surface area contributed by atoms with Gasteiger partial charge < -0.3 is 9.47 Å². The maximum absolute atomic E-state index is 12.8. The van der Waals surface area contributed by atoms with Crippen molar-refractivity contribution in [2.75, 3.05) is 0 Å². The van der Waals surface area contributed by atoms with Crippen LogP contribution in [0.3, 0.4) is 0 Å². The fraction of sp³-hybridized carbons (Fsp3) is 0.0435. The van der Waals surface area contributed by atoms with Crippen LogP contribution in [0.25, 0.3) is 6.08 Å². The summed E-state index contributed by atoms with van der Waals surface area (Å²) in [6.45, 7) is 0. The number of alkyl halides is 3. The second-order valence-electron chi connectivity index (χ2n) is 6.92. The molecule has 3 aromatic carbocycles. The molecule has 1 aliphatic heterocycles. The minimum absolute atomic E-state index is 0.0319. The predicted molar refractivity (Wildman–Crippen MR) is 117 cm³/mol. The number of hydrogen-bond acceptors (Lipinski definition) is 6. The average Bonchev–Trinajstić information content (AvgIpc) is 3.15. The van der Waals surface area contributed by atoms with Crippen LogP contribution in [0, 0.1) is 10.1 Å². The van der Waals surface area contributed by atoms with Gasteiger partial charge in [-0.3, -0.25) is 10.1 Å². The molecule has 0 spiro atoms. The summed E-state index contributed by atoms with van der Waals surface area (Å²) in [7, 11) is 0. The molecule has 34 heavy (non-hydrogen) atoms. The Labute approximate surface area is 194 Å². The van der Waals surface area contributed by atoms with Crippen molar-refractivity contribution in [3.63, 3.8) is 0 Å². The van der Waals surface area contributed by atoms with Gasteiger partial charge in [0.1, 0.15) is 11.5 Å². The van der Waals surface area contributed by atoms with Crippen LogP contribution in [-0.2, 0) is 15.7 Å². The number of rotatable bonds is 5. The Morgan fingerprint density at radius 2 is 1.79 bits per heavy atom. The van der Waals surface area contributed by atoms with E-state index < -0.39 is 22.6 Å². The molecule has 11 heteroatoms. The van der Waals surface area contributed by atoms with Gasteiger partial charge in [-0.25, -0.2) is 9.79 Å². The average molecular weight is 489 g/mol. The smallest absolute Gasteiger partial charge is 0.416 e. The third-order valence-corrected chi connectivity index (χ3v) is 4.91. The first-order valence-corrected chi connectivity index (χ1v) is 9.90. The molecule has 0 saturated heterocycles. The first-order valence-electron chi connectivity index (χ1n) is 9.53. The molecule has 1 aliphatic rings. The first-order chi connectivity index (χ1) is 16.1. The van der Waals surface area contributed by atoms with Crippen molar-refractivity contribution in [3.05, 3.63) is 104 Å². The van der Waals surface area contributed by atoms with Gasteiger partial charge >= 0.3 is 12.1 Å². The molecule has 0 saturated carbocycles. The van der Waals surface area contributed by atoms with Gasteiger partial charge in [0, 0.05) is 11.6 Å². The number of nitro benzene ring substituents is 1. The van der Waals surface area contributed by atoms with E-state index in [0.29, 0.717) is 11.6 Å². The summed E-state index contributed by atoms with van der Waals surface area (Å²) < 4.78 is 49.2. The largest absolute Gasteiger partial charge is 0.456 e. The Hall–Kier alpha value is -4.18. The minimum atomic E-state index is -4.58. The molecule has 0 atom stereocenters. The van der Waals surface area contributed by atoms with E-state index in [4.69, 9.17) is 21.1 Å². The molecule has 0 aromatic heterocycles. The van der Waals surface area contributed by atoms with Gasteiger partial charge in [0.2, 0.25) is 5.90 Å². The molecule has 7 nitrogen and oxygen atoms in total. The molecule has 0 fully saturated rings. The number of carbonyl (C=O) groups excluding carboxylic acids is 1. The van der Waals surface area contributed by atoms with Gasteiger partial charge in [0.05, 0.1) is 21.1 Å². The van der Waals surface area contributed by atoms with Crippen molar-refractivity contribution in [2.45, 2.75) is 6.18 Å². The monoisotopic (exact) mass is 488 g/mol. The summed E-state index contributed by atoms with van der Waals surface area (Å²) in [6.07, 6.45) is -3.42. The molecule has 172 valence electrons. The molecule has 0 aliphatic carbocycles. The number of esters is 1. The summed E-state index contributed by atoms with van der Waals surface area (Å²) in [5.41, 5.74) is -0.967. The second kappa shape index (κ2) is 8.99. The van der Waals surface area contributed by atoms with Crippen molar-refractivity contribution in [3.8, 4) is 11.5 Å². The number of carbonyl (C=O) groups is 1. The molecular weight excluding hydrogens is 477 g/mol. The fourth-order valence-corrected chi connectivity index (χ4v) is 3.24. The Balaban J connectivity index is 1.68. The van der Waals surface area contributed by atoms with Crippen molar-refractivity contribution >= 4 is 35.2 Å². The number of aliphatic imine (C=N–C) groups is 1. The van der Waals surface area contributed by atoms with Gasteiger partial charge in [-0.2, -0.15) is 13.2 Å². The van der Waals surface area contributed by atoms with Crippen LogP contribution in [0.1, 0.15) is 16.7 Å². The zero-order valence-electron chi connectivity index (χ0n) is 16.9. The standard InChI is InChI=1S/C23H12ClF3N2O5/c24-17-12-15(23(25,26)27)6-9-20(17)33-16-7-8-19(29(31)32)14(10-16)11-18-22(30)34-21(28-18)13-4-2-1-3-5-13/h1-12H. The van der Waals surface area contributed by atoms with E-state index in [0.717, 1.165) is 24.3 Å². The third-order valence-electron chi connectivity index (χ3n) is 4.62. The quantitative estimate of drug-likeness (QED) is 0.179. The molecular formula is C23H12ClF3N2O5. The maximum Gasteiger partial charge on any atom is 0.416 e. The van der Waals surface area contributed by atoms with Crippen LogP contribution in [-0.4, -0.2) is 16.8 Å². The van der Waals surface area contributed by atoms with Gasteiger partial charge in [0.15, 0.2) is 5.70 Å². The highest BCUT2D eigenvalue weighted by Gasteiger charge is 2.31. The van der Waals surface area contributed by atoms with Crippen molar-refractivity contribution in [2.24, 2.45) is 4.99 Å². The number of halogens is 4. The Bertz CT molecular complexity index is 1350. The number of nitro groups is 1. The molecule has 0 radical (unpaired) electrons. The lowest BCUT2D eigenvalue weighted by Gasteiger charge is -2.11. The number of cyclic esters (lactones) is 1. The van der Waals surface area contributed by atoms with E-state index in [1.54, 1.807) is 30.3 Å². The van der Waals surface area contributed by atoms with Gasteiger partial charge in [-0.1, -0.05) is 29.8 Å². The molecule has 0 unspecified atom stereocenters. The predicted octanol–water partition coefficient (Wildman–Crippen LogP) is 6.40. The van der Waals surface area contributed by atoms with Crippen molar-refractivity contribution in [1.29, 1.82) is 0 Å². The van der Waals surface area contributed by atoms with E-state index >= 15 is 0 Å². The lowest BCUT2D eigenvalue weighted by atomic mass is 10.1. The fourth-order valence-electron chi connectivity index (χ4n) is 3.03. The lowest BCUT2D eigenvalue weighted by Crippen LogP contribution is -2.05. The molecule has 4 rings (SSSR count). The molecule has 0 N–H and O–H groups in total. The normalized spacial score (nSPS) is 14.6. The molecule has 0 bridgehead atoms. The zero-order chi connectivity index (χ0) is 24.5. The summed E-state index contributed by atoms with van der Waals surface area (Å²) in [6, 6.07) is 14.7. The SMILES string of the molecule is O=C1OC(c2ccccc2)=NC1=Cc1cc(Oc2ccc(C(F)(F)F)cc2Cl)ccc1[N+](=O)[O-]. The maximum atomic E-state index is 12.8. The van der Waals surface area contributed by atoms with Crippen LogP contribution in [0.2, 0.25) is 5.02 Å². The summed E-state index contributed by atoms with van der Waals surface area (Å²) >= 11 is 5.91. The van der Waals surface area contributed by atoms with Crippen molar-refractivity contribution < 1.29 is 32.4 Å². The van der Waals surface area contributed by atoms with E-state index in [1.807, 2.05) is 0 Å². The molecule has 1 heterocycles.